The van der Waals surface area contributed by atoms with Crippen molar-refractivity contribution in [2.45, 2.75) is 12.3 Å². The summed E-state index contributed by atoms with van der Waals surface area (Å²) in [6, 6.07) is 7.45. The summed E-state index contributed by atoms with van der Waals surface area (Å²) in [6.07, 6.45) is 0.943. The number of benzene rings is 1. The van der Waals surface area contributed by atoms with E-state index in [2.05, 4.69) is 10.1 Å². The third-order valence-corrected chi connectivity index (χ3v) is 2.87. The molecule has 17 heavy (non-hydrogen) atoms. The van der Waals surface area contributed by atoms with Crippen LogP contribution in [0.25, 0.3) is 11.4 Å². The van der Waals surface area contributed by atoms with Gasteiger partial charge in [-0.2, -0.15) is 4.98 Å². The van der Waals surface area contributed by atoms with Crippen LogP contribution in [0.2, 0.25) is 0 Å². The molecule has 0 radical (unpaired) electrons. The molecular formula is C12H13N3O2. The first-order valence-electron chi connectivity index (χ1n) is 5.60. The van der Waals surface area contributed by atoms with E-state index in [1.54, 1.807) is 0 Å². The van der Waals surface area contributed by atoms with Crippen LogP contribution >= 0.6 is 0 Å². The second kappa shape index (κ2) is 4.18. The molecule has 0 saturated carbocycles. The highest BCUT2D eigenvalue weighted by molar-refractivity contribution is 5.60. The van der Waals surface area contributed by atoms with Gasteiger partial charge in [0.2, 0.25) is 11.7 Å². The lowest BCUT2D eigenvalue weighted by Crippen LogP contribution is -1.97. The number of ether oxygens (including phenoxy) is 1. The van der Waals surface area contributed by atoms with Gasteiger partial charge in [-0.15, -0.1) is 0 Å². The highest BCUT2D eigenvalue weighted by atomic mass is 16.5. The van der Waals surface area contributed by atoms with E-state index < -0.39 is 0 Å². The molecule has 1 aliphatic heterocycles. The second-order valence-corrected chi connectivity index (χ2v) is 4.14. The van der Waals surface area contributed by atoms with E-state index in [9.17, 15) is 0 Å². The molecule has 2 heterocycles. The zero-order valence-electron chi connectivity index (χ0n) is 9.30. The van der Waals surface area contributed by atoms with Crippen molar-refractivity contribution >= 4 is 5.69 Å². The molecule has 1 atom stereocenters. The van der Waals surface area contributed by atoms with E-state index in [0.717, 1.165) is 18.6 Å². The highest BCUT2D eigenvalue weighted by Gasteiger charge is 2.24. The van der Waals surface area contributed by atoms with Crippen molar-refractivity contribution in [3.05, 3.63) is 30.2 Å². The number of nitrogens with zero attached hydrogens (tertiary/aromatic N) is 2. The average Bonchev–Trinajstić information content (AvgIpc) is 3.00. The van der Waals surface area contributed by atoms with Crippen molar-refractivity contribution in [1.82, 2.24) is 10.1 Å². The van der Waals surface area contributed by atoms with Gasteiger partial charge in [-0.25, -0.2) is 0 Å². The van der Waals surface area contributed by atoms with Gasteiger partial charge in [-0.3, -0.25) is 0 Å². The molecule has 2 N–H and O–H groups in total. The third kappa shape index (κ3) is 2.01. The molecule has 0 bridgehead atoms. The Bertz CT molecular complexity index is 518. The summed E-state index contributed by atoms with van der Waals surface area (Å²) in [4.78, 5) is 4.39. The summed E-state index contributed by atoms with van der Waals surface area (Å²) >= 11 is 0. The molecule has 1 fully saturated rings. The molecule has 1 aromatic carbocycles. The third-order valence-electron chi connectivity index (χ3n) is 2.87. The van der Waals surface area contributed by atoms with Crippen LogP contribution in [-0.4, -0.2) is 23.4 Å². The smallest absolute Gasteiger partial charge is 0.232 e. The van der Waals surface area contributed by atoms with E-state index in [1.807, 2.05) is 24.3 Å². The molecule has 5 heteroatoms. The Morgan fingerprint density at radius 3 is 3.06 bits per heavy atom. The van der Waals surface area contributed by atoms with Crippen molar-refractivity contribution in [2.75, 3.05) is 18.9 Å². The Morgan fingerprint density at radius 1 is 1.35 bits per heavy atom. The van der Waals surface area contributed by atoms with Gasteiger partial charge >= 0.3 is 0 Å². The molecule has 88 valence electrons. The lowest BCUT2D eigenvalue weighted by molar-refractivity contribution is 0.189. The van der Waals surface area contributed by atoms with Gasteiger partial charge < -0.3 is 15.0 Å². The summed E-state index contributed by atoms with van der Waals surface area (Å²) in [5.41, 5.74) is 7.29. The fourth-order valence-electron chi connectivity index (χ4n) is 1.93. The lowest BCUT2D eigenvalue weighted by Gasteiger charge is -1.98. The molecule has 2 aromatic rings. The fourth-order valence-corrected chi connectivity index (χ4v) is 1.93. The summed E-state index contributed by atoms with van der Waals surface area (Å²) in [5, 5.41) is 3.97. The van der Waals surface area contributed by atoms with Gasteiger partial charge in [-0.05, 0) is 18.6 Å². The number of rotatable bonds is 2. The van der Waals surface area contributed by atoms with Gasteiger partial charge in [0.1, 0.15) is 0 Å². The van der Waals surface area contributed by atoms with E-state index >= 15 is 0 Å². The fraction of sp³-hybridized carbons (Fsp3) is 0.333. The van der Waals surface area contributed by atoms with E-state index in [-0.39, 0.29) is 5.92 Å². The van der Waals surface area contributed by atoms with E-state index in [1.165, 1.54) is 0 Å². The Labute approximate surface area is 98.6 Å². The van der Waals surface area contributed by atoms with Crippen LogP contribution in [0, 0.1) is 0 Å². The molecule has 0 unspecified atom stereocenters. The van der Waals surface area contributed by atoms with Crippen molar-refractivity contribution < 1.29 is 9.26 Å². The molecule has 0 aliphatic carbocycles. The van der Waals surface area contributed by atoms with Crippen molar-refractivity contribution in [3.63, 3.8) is 0 Å². The Hall–Kier alpha value is -1.88. The van der Waals surface area contributed by atoms with Crippen LogP contribution in [0.15, 0.2) is 28.8 Å². The Balaban J connectivity index is 1.89. The molecule has 1 aromatic heterocycles. The zero-order chi connectivity index (χ0) is 11.7. The first kappa shape index (κ1) is 10.3. The van der Waals surface area contributed by atoms with Gasteiger partial charge in [0.25, 0.3) is 0 Å². The maximum Gasteiger partial charge on any atom is 0.232 e. The van der Waals surface area contributed by atoms with E-state index in [0.29, 0.717) is 24.0 Å². The average molecular weight is 231 g/mol. The van der Waals surface area contributed by atoms with Crippen LogP contribution in [-0.2, 0) is 4.74 Å². The maximum atomic E-state index is 5.72. The van der Waals surface area contributed by atoms with Gasteiger partial charge in [0.15, 0.2) is 0 Å². The predicted octanol–water partition coefficient (Wildman–Crippen LogP) is 1.82. The van der Waals surface area contributed by atoms with Crippen LogP contribution in [0.3, 0.4) is 0 Å². The number of hydrogen-bond acceptors (Lipinski definition) is 5. The summed E-state index contributed by atoms with van der Waals surface area (Å²) in [7, 11) is 0. The number of nitrogen functional groups attached to an aromatic ring is 1. The van der Waals surface area contributed by atoms with Gasteiger partial charge in [0.05, 0.1) is 12.5 Å². The monoisotopic (exact) mass is 231 g/mol. The minimum absolute atomic E-state index is 0.234. The standard InChI is InChI=1S/C12H13N3O2/c13-10-3-1-2-8(6-10)11-14-12(17-15-11)9-4-5-16-7-9/h1-3,6,9H,4-5,7,13H2/t9-/m0/s1. The highest BCUT2D eigenvalue weighted by Crippen LogP contribution is 2.26. The van der Waals surface area contributed by atoms with Crippen LogP contribution in [0.1, 0.15) is 18.2 Å². The minimum Gasteiger partial charge on any atom is -0.399 e. The summed E-state index contributed by atoms with van der Waals surface area (Å²) in [6.45, 7) is 1.43. The molecule has 5 nitrogen and oxygen atoms in total. The molecular weight excluding hydrogens is 218 g/mol. The first-order valence-corrected chi connectivity index (χ1v) is 5.60. The number of anilines is 1. The maximum absolute atomic E-state index is 5.72. The van der Waals surface area contributed by atoms with Crippen LogP contribution in [0.5, 0.6) is 0 Å². The van der Waals surface area contributed by atoms with Crippen LogP contribution < -0.4 is 5.73 Å². The largest absolute Gasteiger partial charge is 0.399 e. The zero-order valence-corrected chi connectivity index (χ0v) is 9.30. The van der Waals surface area contributed by atoms with Crippen LogP contribution in [0.4, 0.5) is 5.69 Å². The lowest BCUT2D eigenvalue weighted by atomic mass is 10.1. The summed E-state index contributed by atoms with van der Waals surface area (Å²) in [5.74, 6) is 1.47. The molecule has 1 aliphatic rings. The van der Waals surface area contributed by atoms with Gasteiger partial charge in [0, 0.05) is 17.9 Å². The molecule has 0 spiro atoms. The molecule has 0 amide bonds. The SMILES string of the molecule is Nc1cccc(-c2noc([C@H]3CCOC3)n2)c1. The van der Waals surface area contributed by atoms with Crippen molar-refractivity contribution in [2.24, 2.45) is 0 Å². The quantitative estimate of drug-likeness (QED) is 0.798. The second-order valence-electron chi connectivity index (χ2n) is 4.14. The summed E-state index contributed by atoms with van der Waals surface area (Å²) < 4.78 is 10.6. The number of aromatic nitrogens is 2. The molecule has 3 rings (SSSR count). The normalized spacial score (nSPS) is 19.6. The number of hydrogen-bond donors (Lipinski definition) is 1. The molecule has 1 saturated heterocycles. The Morgan fingerprint density at radius 2 is 2.29 bits per heavy atom. The van der Waals surface area contributed by atoms with Crippen molar-refractivity contribution in [3.8, 4) is 11.4 Å². The van der Waals surface area contributed by atoms with Gasteiger partial charge in [-0.1, -0.05) is 17.3 Å². The number of nitrogens with two attached hydrogens (primary N) is 1. The van der Waals surface area contributed by atoms with E-state index in [4.69, 9.17) is 15.0 Å². The Kier molecular flexibility index (Phi) is 2.53. The van der Waals surface area contributed by atoms with Crippen molar-refractivity contribution in [1.29, 1.82) is 0 Å². The first-order chi connectivity index (χ1) is 8.33. The predicted molar refractivity (Wildman–Crippen MR) is 62.3 cm³/mol. The minimum atomic E-state index is 0.234. The topological polar surface area (TPSA) is 74.2 Å².